The summed E-state index contributed by atoms with van der Waals surface area (Å²) in [6, 6.07) is 14.5. The number of ketones is 1. The topological polar surface area (TPSA) is 80.2 Å². The van der Waals surface area contributed by atoms with Crippen molar-refractivity contribution >= 4 is 23.1 Å². The number of hydrogen-bond acceptors (Lipinski definition) is 6. The molecule has 0 saturated heterocycles. The van der Waals surface area contributed by atoms with E-state index in [-0.39, 0.29) is 11.7 Å². The van der Waals surface area contributed by atoms with Gasteiger partial charge >= 0.3 is 0 Å². The average Bonchev–Trinajstić information content (AvgIpc) is 3.20. The second-order valence-electron chi connectivity index (χ2n) is 6.74. The molecule has 0 fully saturated rings. The van der Waals surface area contributed by atoms with E-state index in [9.17, 15) is 9.59 Å². The number of nitrogens with one attached hydrogen (secondary N) is 1. The Kier molecular flexibility index (Phi) is 6.49. The van der Waals surface area contributed by atoms with Crippen LogP contribution in [0.2, 0.25) is 0 Å². The third kappa shape index (κ3) is 4.74. The van der Waals surface area contributed by atoms with Gasteiger partial charge in [0.1, 0.15) is 23.3 Å². The Bertz CT molecular complexity index is 912. The first-order valence-corrected chi connectivity index (χ1v) is 9.44. The molecule has 3 rings (SSSR count). The molecule has 7 heteroatoms. The van der Waals surface area contributed by atoms with Gasteiger partial charge in [-0.05, 0) is 37.1 Å². The molecule has 0 saturated carbocycles. The van der Waals surface area contributed by atoms with E-state index >= 15 is 0 Å². The smallest absolute Gasteiger partial charge is 0.267 e. The molecule has 1 atom stereocenters. The molecule has 2 aromatic rings. The zero-order valence-electron chi connectivity index (χ0n) is 16.8. The molecule has 7 nitrogen and oxygen atoms in total. The van der Waals surface area contributed by atoms with E-state index in [0.29, 0.717) is 36.6 Å². The van der Waals surface area contributed by atoms with E-state index in [0.717, 1.165) is 11.3 Å². The predicted molar refractivity (Wildman–Crippen MR) is 112 cm³/mol. The van der Waals surface area contributed by atoms with Gasteiger partial charge in [0.15, 0.2) is 5.78 Å². The molecule has 1 N–H and O–H groups in total. The van der Waals surface area contributed by atoms with Crippen molar-refractivity contribution in [3.05, 3.63) is 54.1 Å². The zero-order valence-corrected chi connectivity index (χ0v) is 16.8. The second kappa shape index (κ2) is 9.23. The molecule has 0 bridgehead atoms. The summed E-state index contributed by atoms with van der Waals surface area (Å²) in [4.78, 5) is 24.7. The number of ether oxygens (including phenoxy) is 2. The number of carbonyl (C=O) groups is 2. The number of nitrogens with zero attached hydrogens (tertiary/aromatic N) is 2. The van der Waals surface area contributed by atoms with E-state index < -0.39 is 6.04 Å². The Labute approximate surface area is 170 Å². The summed E-state index contributed by atoms with van der Waals surface area (Å²) in [5, 5.41) is 8.94. The lowest BCUT2D eigenvalue weighted by Crippen LogP contribution is -2.34. The Balaban J connectivity index is 1.64. The van der Waals surface area contributed by atoms with E-state index in [1.165, 1.54) is 6.92 Å². The Hall–Kier alpha value is -3.35. The lowest BCUT2D eigenvalue weighted by molar-refractivity contribution is -0.118. The summed E-state index contributed by atoms with van der Waals surface area (Å²) >= 11 is 0. The van der Waals surface area contributed by atoms with E-state index in [1.54, 1.807) is 19.2 Å². The van der Waals surface area contributed by atoms with Crippen molar-refractivity contribution in [2.45, 2.75) is 25.8 Å². The van der Waals surface area contributed by atoms with Crippen LogP contribution in [0.1, 0.15) is 18.9 Å². The van der Waals surface area contributed by atoms with Crippen LogP contribution in [0.15, 0.2) is 53.6 Å². The van der Waals surface area contributed by atoms with Gasteiger partial charge in [0.25, 0.3) is 5.91 Å². The Morgan fingerprint density at radius 3 is 2.55 bits per heavy atom. The van der Waals surface area contributed by atoms with Gasteiger partial charge < -0.3 is 14.8 Å². The van der Waals surface area contributed by atoms with Crippen LogP contribution in [0.25, 0.3) is 0 Å². The summed E-state index contributed by atoms with van der Waals surface area (Å²) in [6.45, 7) is 1.95. The number of hydrazone groups is 1. The van der Waals surface area contributed by atoms with Crippen LogP contribution in [-0.2, 0) is 16.0 Å². The number of rotatable bonds is 8. The van der Waals surface area contributed by atoms with Crippen molar-refractivity contribution in [1.82, 2.24) is 5.32 Å². The van der Waals surface area contributed by atoms with Gasteiger partial charge in [0, 0.05) is 19.0 Å². The molecule has 152 valence electrons. The third-order valence-corrected chi connectivity index (χ3v) is 4.84. The fourth-order valence-corrected chi connectivity index (χ4v) is 3.25. The highest BCUT2D eigenvalue weighted by atomic mass is 16.5. The molecule has 0 radical (unpaired) electrons. The van der Waals surface area contributed by atoms with E-state index in [1.807, 2.05) is 48.5 Å². The fraction of sp³-hybridized carbons (Fsp3) is 0.318. The quantitative estimate of drug-likeness (QED) is 0.743. The number of carbonyl (C=O) groups excluding carboxylic acids is 2. The van der Waals surface area contributed by atoms with Crippen molar-refractivity contribution in [3.8, 4) is 11.5 Å². The molecule has 0 aromatic heterocycles. The number of amides is 1. The van der Waals surface area contributed by atoms with Crippen molar-refractivity contribution in [2.24, 2.45) is 5.10 Å². The summed E-state index contributed by atoms with van der Waals surface area (Å²) < 4.78 is 10.6. The molecule has 1 heterocycles. The van der Waals surface area contributed by atoms with Crippen molar-refractivity contribution < 1.29 is 19.1 Å². The van der Waals surface area contributed by atoms with Gasteiger partial charge in [-0.15, -0.1) is 0 Å². The van der Waals surface area contributed by atoms with Crippen LogP contribution < -0.4 is 19.8 Å². The molecular weight excluding hydrogens is 370 g/mol. The monoisotopic (exact) mass is 395 g/mol. The highest BCUT2D eigenvalue weighted by Crippen LogP contribution is 2.26. The Morgan fingerprint density at radius 2 is 1.90 bits per heavy atom. The number of methoxy groups -OCH3 is 2. The van der Waals surface area contributed by atoms with Gasteiger partial charge in [0.05, 0.1) is 19.9 Å². The molecule has 2 aromatic carbocycles. The van der Waals surface area contributed by atoms with Crippen molar-refractivity contribution in [3.63, 3.8) is 0 Å². The lowest BCUT2D eigenvalue weighted by Gasteiger charge is -2.20. The molecule has 1 aliphatic rings. The Morgan fingerprint density at radius 1 is 1.14 bits per heavy atom. The minimum atomic E-state index is -0.458. The number of benzene rings is 2. The first-order chi connectivity index (χ1) is 14.0. The molecule has 1 aliphatic heterocycles. The first-order valence-electron chi connectivity index (χ1n) is 9.44. The second-order valence-corrected chi connectivity index (χ2v) is 6.74. The summed E-state index contributed by atoms with van der Waals surface area (Å²) in [7, 11) is 3.20. The molecule has 1 unspecified atom stereocenters. The first kappa shape index (κ1) is 20.4. The van der Waals surface area contributed by atoms with Gasteiger partial charge in [-0.1, -0.05) is 24.3 Å². The molecule has 1 amide bonds. The van der Waals surface area contributed by atoms with Crippen LogP contribution in [0.4, 0.5) is 5.69 Å². The van der Waals surface area contributed by atoms with Crippen LogP contribution in [0, 0.1) is 0 Å². The SMILES string of the molecule is COc1ccc(CCNC(=O)C2=NN(c3ccccc3)C(C(C)=O)C2)c(OC)c1. The van der Waals surface area contributed by atoms with E-state index in [2.05, 4.69) is 10.4 Å². The number of Topliss-reactive ketones (excluding diaryl/α,β-unsaturated/α-hetero) is 1. The zero-order chi connectivity index (χ0) is 20.8. The van der Waals surface area contributed by atoms with Crippen LogP contribution in [0.3, 0.4) is 0 Å². The normalized spacial score (nSPS) is 15.6. The van der Waals surface area contributed by atoms with Gasteiger partial charge in [-0.3, -0.25) is 14.6 Å². The molecule has 29 heavy (non-hydrogen) atoms. The summed E-state index contributed by atoms with van der Waals surface area (Å²) in [5.41, 5.74) is 2.11. The van der Waals surface area contributed by atoms with Crippen LogP contribution >= 0.6 is 0 Å². The number of para-hydroxylation sites is 1. The standard InChI is InChI=1S/C22H25N3O4/c1-15(26)20-14-19(24-25(20)17-7-5-4-6-8-17)22(27)23-12-11-16-9-10-18(28-2)13-21(16)29-3/h4-10,13,20H,11-12,14H2,1-3H3,(H,23,27). The van der Waals surface area contributed by atoms with E-state index in [4.69, 9.17) is 9.47 Å². The number of hydrogen-bond donors (Lipinski definition) is 1. The van der Waals surface area contributed by atoms with Gasteiger partial charge in [-0.25, -0.2) is 0 Å². The molecule has 0 spiro atoms. The molecule has 0 aliphatic carbocycles. The summed E-state index contributed by atoms with van der Waals surface area (Å²) in [5.74, 6) is 1.14. The van der Waals surface area contributed by atoms with Crippen LogP contribution in [0.5, 0.6) is 11.5 Å². The van der Waals surface area contributed by atoms with Crippen molar-refractivity contribution in [1.29, 1.82) is 0 Å². The lowest BCUT2D eigenvalue weighted by atomic mass is 10.1. The van der Waals surface area contributed by atoms with Crippen molar-refractivity contribution in [2.75, 3.05) is 25.8 Å². The number of anilines is 1. The predicted octanol–water partition coefficient (Wildman–Crippen LogP) is 2.59. The maximum atomic E-state index is 12.6. The fourth-order valence-electron chi connectivity index (χ4n) is 3.25. The minimum Gasteiger partial charge on any atom is -0.497 e. The average molecular weight is 395 g/mol. The maximum absolute atomic E-state index is 12.6. The summed E-state index contributed by atoms with van der Waals surface area (Å²) in [6.07, 6.45) is 0.895. The highest BCUT2D eigenvalue weighted by Gasteiger charge is 2.33. The minimum absolute atomic E-state index is 0.0247. The highest BCUT2D eigenvalue weighted by molar-refractivity contribution is 6.40. The van der Waals surface area contributed by atoms with Gasteiger partial charge in [-0.2, -0.15) is 5.10 Å². The van der Waals surface area contributed by atoms with Crippen LogP contribution in [-0.4, -0.2) is 44.2 Å². The maximum Gasteiger partial charge on any atom is 0.267 e. The molecular formula is C22H25N3O4. The largest absolute Gasteiger partial charge is 0.497 e. The van der Waals surface area contributed by atoms with Gasteiger partial charge in [0.2, 0.25) is 0 Å². The third-order valence-electron chi connectivity index (χ3n) is 4.84.